The summed E-state index contributed by atoms with van der Waals surface area (Å²) in [5.74, 6) is 0.804. The van der Waals surface area contributed by atoms with Crippen molar-refractivity contribution in [2.75, 3.05) is 5.32 Å². The summed E-state index contributed by atoms with van der Waals surface area (Å²) in [7, 11) is 0. The van der Waals surface area contributed by atoms with Crippen molar-refractivity contribution in [1.29, 1.82) is 5.26 Å². The first-order valence-electron chi connectivity index (χ1n) is 9.89. The van der Waals surface area contributed by atoms with Crippen LogP contribution in [0.5, 0.6) is 0 Å². The number of imidazole rings is 1. The fraction of sp³-hybridized carbons (Fsp3) is 0.304. The van der Waals surface area contributed by atoms with E-state index in [1.165, 1.54) is 0 Å². The summed E-state index contributed by atoms with van der Waals surface area (Å²) in [6.07, 6.45) is 1.85. The normalized spacial score (nSPS) is 11.8. The van der Waals surface area contributed by atoms with Crippen LogP contribution in [0.4, 0.5) is 5.69 Å². The molecule has 0 bridgehead atoms. The summed E-state index contributed by atoms with van der Waals surface area (Å²) in [5, 5.41) is 21.2. The van der Waals surface area contributed by atoms with Gasteiger partial charge in [-0.1, -0.05) is 0 Å². The molecule has 1 N–H and O–H groups in total. The van der Waals surface area contributed by atoms with Crippen LogP contribution in [0.2, 0.25) is 0 Å². The van der Waals surface area contributed by atoms with Crippen molar-refractivity contribution >= 4 is 16.7 Å². The Bertz CT molecular complexity index is 1250. The number of nitriles is 1. The summed E-state index contributed by atoms with van der Waals surface area (Å²) in [4.78, 5) is 4.48. The second-order valence-electron chi connectivity index (χ2n) is 8.57. The highest BCUT2D eigenvalue weighted by Gasteiger charge is 2.18. The first-order chi connectivity index (χ1) is 14.3. The van der Waals surface area contributed by atoms with Crippen molar-refractivity contribution in [2.45, 2.75) is 46.2 Å². The molecule has 0 aliphatic rings. The predicted molar refractivity (Wildman–Crippen MR) is 117 cm³/mol. The van der Waals surface area contributed by atoms with E-state index in [1.807, 2.05) is 50.5 Å². The Balaban J connectivity index is 1.70. The number of aromatic nitrogens is 4. The molecule has 7 nitrogen and oxygen atoms in total. The van der Waals surface area contributed by atoms with Crippen LogP contribution in [0.25, 0.3) is 33.9 Å². The fourth-order valence-electron chi connectivity index (χ4n) is 3.34. The van der Waals surface area contributed by atoms with Gasteiger partial charge in [-0.3, -0.25) is 0 Å². The number of nitrogens with one attached hydrogen (secondary N) is 1. The van der Waals surface area contributed by atoms with Gasteiger partial charge < -0.3 is 14.3 Å². The minimum Gasteiger partial charge on any atom is -0.416 e. The van der Waals surface area contributed by atoms with Gasteiger partial charge in [0, 0.05) is 22.7 Å². The third-order valence-electron chi connectivity index (χ3n) is 4.77. The highest BCUT2D eigenvalue weighted by atomic mass is 16.4. The minimum absolute atomic E-state index is 0.0904. The van der Waals surface area contributed by atoms with E-state index in [0.717, 1.165) is 22.3 Å². The van der Waals surface area contributed by atoms with E-state index in [-0.39, 0.29) is 11.6 Å². The van der Waals surface area contributed by atoms with Gasteiger partial charge >= 0.3 is 0 Å². The molecule has 7 heteroatoms. The maximum atomic E-state index is 9.49. The van der Waals surface area contributed by atoms with Crippen molar-refractivity contribution in [3.63, 3.8) is 0 Å². The maximum Gasteiger partial charge on any atom is 0.248 e. The second-order valence-corrected chi connectivity index (χ2v) is 8.57. The van der Waals surface area contributed by atoms with E-state index in [2.05, 4.69) is 51.9 Å². The Kier molecular flexibility index (Phi) is 4.78. The second kappa shape index (κ2) is 7.30. The Hall–Kier alpha value is -3.66. The molecule has 0 amide bonds. The summed E-state index contributed by atoms with van der Waals surface area (Å²) in [6.45, 7) is 10.5. The zero-order chi connectivity index (χ0) is 21.5. The van der Waals surface area contributed by atoms with Crippen molar-refractivity contribution < 1.29 is 4.42 Å². The van der Waals surface area contributed by atoms with Crippen LogP contribution in [0.1, 0.15) is 40.2 Å². The fourth-order valence-corrected chi connectivity index (χ4v) is 3.34. The minimum atomic E-state index is -0.0904. The van der Waals surface area contributed by atoms with Crippen molar-refractivity contribution in [3.8, 4) is 29.0 Å². The Morgan fingerprint density at radius 2 is 1.70 bits per heavy atom. The van der Waals surface area contributed by atoms with Crippen molar-refractivity contribution in [2.24, 2.45) is 0 Å². The predicted octanol–water partition coefficient (Wildman–Crippen LogP) is 5.20. The summed E-state index contributed by atoms with van der Waals surface area (Å²) in [6, 6.07) is 13.9. The van der Waals surface area contributed by atoms with Gasteiger partial charge in [0.05, 0.1) is 28.6 Å². The third kappa shape index (κ3) is 3.64. The van der Waals surface area contributed by atoms with Crippen LogP contribution < -0.4 is 5.32 Å². The van der Waals surface area contributed by atoms with Gasteiger partial charge in [0.2, 0.25) is 11.8 Å². The highest BCUT2D eigenvalue weighted by Crippen LogP contribution is 2.30. The first kappa shape index (κ1) is 19.6. The number of hydrogen-bond donors (Lipinski definition) is 1. The molecule has 152 valence electrons. The van der Waals surface area contributed by atoms with Gasteiger partial charge in [-0.2, -0.15) is 5.26 Å². The van der Waals surface area contributed by atoms with E-state index < -0.39 is 0 Å². The monoisotopic (exact) mass is 400 g/mol. The molecule has 4 rings (SSSR count). The molecule has 2 aromatic carbocycles. The summed E-state index contributed by atoms with van der Waals surface area (Å²) >= 11 is 0. The van der Waals surface area contributed by atoms with Crippen LogP contribution in [0.3, 0.4) is 0 Å². The Morgan fingerprint density at radius 3 is 2.33 bits per heavy atom. The molecular formula is C23H24N6O. The molecule has 2 aromatic heterocycles. The number of hydrogen-bond acceptors (Lipinski definition) is 6. The maximum absolute atomic E-state index is 9.49. The van der Waals surface area contributed by atoms with Gasteiger partial charge in [-0.25, -0.2) is 4.98 Å². The molecule has 0 radical (unpaired) electrons. The van der Waals surface area contributed by atoms with Gasteiger partial charge in [0.15, 0.2) is 0 Å². The van der Waals surface area contributed by atoms with Crippen LogP contribution in [-0.2, 0) is 5.54 Å². The SMILES string of the molecule is CC(C)Nc1ccc(-c2nnc(-c3ccc4ncn(C(C)(C)C)c4c3)o2)cc1C#N. The molecule has 4 aromatic rings. The van der Waals surface area contributed by atoms with Crippen LogP contribution in [0, 0.1) is 11.3 Å². The molecule has 0 fully saturated rings. The Labute approximate surface area is 175 Å². The zero-order valence-corrected chi connectivity index (χ0v) is 17.8. The Morgan fingerprint density at radius 1 is 1.03 bits per heavy atom. The molecule has 0 spiro atoms. The number of anilines is 1. The summed E-state index contributed by atoms with van der Waals surface area (Å²) < 4.78 is 8.07. The van der Waals surface area contributed by atoms with E-state index >= 15 is 0 Å². The largest absolute Gasteiger partial charge is 0.416 e. The van der Waals surface area contributed by atoms with Crippen molar-refractivity contribution in [3.05, 3.63) is 48.3 Å². The average Bonchev–Trinajstić information content (AvgIpc) is 3.34. The van der Waals surface area contributed by atoms with Gasteiger partial charge in [0.25, 0.3) is 0 Å². The van der Waals surface area contributed by atoms with Crippen LogP contribution in [-0.4, -0.2) is 25.8 Å². The van der Waals surface area contributed by atoms with E-state index in [9.17, 15) is 5.26 Å². The molecule has 0 aliphatic carbocycles. The lowest BCUT2D eigenvalue weighted by Gasteiger charge is -2.21. The van der Waals surface area contributed by atoms with Gasteiger partial charge in [0.1, 0.15) is 6.07 Å². The third-order valence-corrected chi connectivity index (χ3v) is 4.77. The van der Waals surface area contributed by atoms with E-state index in [0.29, 0.717) is 22.9 Å². The first-order valence-corrected chi connectivity index (χ1v) is 9.89. The molecule has 0 aliphatic heterocycles. The molecule has 2 heterocycles. The van der Waals surface area contributed by atoms with Crippen molar-refractivity contribution in [1.82, 2.24) is 19.7 Å². The smallest absolute Gasteiger partial charge is 0.248 e. The molecular weight excluding hydrogens is 376 g/mol. The molecule has 0 saturated heterocycles. The standard InChI is InChI=1S/C23H24N6O/c1-14(2)26-18-8-6-15(10-17(18)12-24)21-27-28-22(30-21)16-7-9-19-20(11-16)29(13-25-19)23(3,4)5/h6-11,13-14,26H,1-5H3. The number of benzene rings is 2. The topological polar surface area (TPSA) is 92.6 Å². The highest BCUT2D eigenvalue weighted by molar-refractivity contribution is 5.81. The lowest BCUT2D eigenvalue weighted by molar-refractivity contribution is 0.408. The van der Waals surface area contributed by atoms with Crippen LogP contribution >= 0.6 is 0 Å². The van der Waals surface area contributed by atoms with Gasteiger partial charge in [-0.15, -0.1) is 10.2 Å². The molecule has 30 heavy (non-hydrogen) atoms. The molecule has 0 atom stereocenters. The van der Waals surface area contributed by atoms with E-state index in [1.54, 1.807) is 6.07 Å². The number of fused-ring (bicyclic) bond motifs is 1. The quantitative estimate of drug-likeness (QED) is 0.506. The zero-order valence-electron chi connectivity index (χ0n) is 17.8. The lowest BCUT2D eigenvalue weighted by Crippen LogP contribution is -2.20. The van der Waals surface area contributed by atoms with Crippen LogP contribution in [0.15, 0.2) is 47.1 Å². The van der Waals surface area contributed by atoms with E-state index in [4.69, 9.17) is 4.42 Å². The average molecular weight is 400 g/mol. The van der Waals surface area contributed by atoms with Gasteiger partial charge in [-0.05, 0) is 71.0 Å². The molecule has 0 unspecified atom stereocenters. The number of nitrogens with zero attached hydrogens (tertiary/aromatic N) is 5. The number of rotatable bonds is 4. The lowest BCUT2D eigenvalue weighted by atomic mass is 10.1. The summed E-state index contributed by atoms with van der Waals surface area (Å²) in [5.41, 5.74) is 4.70. The molecule has 0 saturated carbocycles.